The Hall–Kier alpha value is -2.97. The number of benzene rings is 1. The number of aromatic nitrogens is 2. The second-order valence-electron chi connectivity index (χ2n) is 8.28. The van der Waals surface area contributed by atoms with Crippen LogP contribution in [0, 0.1) is 20.8 Å². The van der Waals surface area contributed by atoms with E-state index in [1.165, 1.54) is 7.11 Å². The van der Waals surface area contributed by atoms with Crippen LogP contribution in [0.5, 0.6) is 5.75 Å². The minimum absolute atomic E-state index is 0.0676. The van der Waals surface area contributed by atoms with Gasteiger partial charge in [0.05, 0.1) is 46.2 Å². The second kappa shape index (κ2) is 9.35. The number of ether oxygens (including phenoxy) is 1. The molecule has 8 nitrogen and oxygen atoms in total. The van der Waals surface area contributed by atoms with Crippen molar-refractivity contribution < 1.29 is 14.1 Å². The van der Waals surface area contributed by atoms with Crippen molar-refractivity contribution in [2.75, 3.05) is 31.6 Å². The smallest absolute Gasteiger partial charge is 0.257 e. The molecule has 0 unspecified atom stereocenters. The molecule has 1 amide bonds. The molecule has 1 aromatic carbocycles. The van der Waals surface area contributed by atoms with E-state index in [-0.39, 0.29) is 23.0 Å². The summed E-state index contributed by atoms with van der Waals surface area (Å²) in [4.78, 5) is 33.0. The average molecular weight is 505 g/mol. The molecule has 2 aromatic heterocycles. The molecule has 34 heavy (non-hydrogen) atoms. The first-order valence-electron chi connectivity index (χ1n) is 10.9. The Morgan fingerprint density at radius 2 is 1.82 bits per heavy atom. The van der Waals surface area contributed by atoms with Crippen molar-refractivity contribution in [3.8, 4) is 16.9 Å². The molecule has 180 valence electrons. The highest BCUT2D eigenvalue weighted by Gasteiger charge is 2.33. The van der Waals surface area contributed by atoms with Crippen LogP contribution in [0.1, 0.15) is 40.0 Å². The van der Waals surface area contributed by atoms with Crippen LogP contribution in [0.15, 0.2) is 21.5 Å². The summed E-state index contributed by atoms with van der Waals surface area (Å²) in [5.74, 6) is 0.699. The number of carbonyl (C=O) groups excluding carboxylic acids is 1. The number of nitrogens with zero attached hydrogens (tertiary/aromatic N) is 3. The molecule has 0 saturated carbocycles. The first-order valence-corrected chi connectivity index (χ1v) is 11.7. The minimum atomic E-state index is -0.312. The highest BCUT2D eigenvalue weighted by molar-refractivity contribution is 6.41. The molecular formula is C24H26Cl2N4O4. The summed E-state index contributed by atoms with van der Waals surface area (Å²) < 4.78 is 10.8. The van der Waals surface area contributed by atoms with Crippen molar-refractivity contribution in [1.82, 2.24) is 15.0 Å². The second-order valence-corrected chi connectivity index (χ2v) is 9.06. The molecule has 0 radical (unpaired) electrons. The number of H-pyrrole nitrogens is 1. The van der Waals surface area contributed by atoms with Gasteiger partial charge < -0.3 is 24.0 Å². The Kier molecular flexibility index (Phi) is 6.64. The molecule has 1 N–H and O–H groups in total. The zero-order chi connectivity index (χ0) is 24.7. The molecule has 0 fully saturated rings. The normalized spacial score (nSPS) is 13.8. The molecule has 1 aliphatic heterocycles. The van der Waals surface area contributed by atoms with Gasteiger partial charge in [0.25, 0.3) is 11.5 Å². The van der Waals surface area contributed by atoms with Crippen LogP contribution in [0.4, 0.5) is 5.69 Å². The van der Waals surface area contributed by atoms with E-state index in [2.05, 4.69) is 10.1 Å². The van der Waals surface area contributed by atoms with Gasteiger partial charge in [-0.2, -0.15) is 0 Å². The van der Waals surface area contributed by atoms with Crippen LogP contribution in [0.2, 0.25) is 10.0 Å². The molecule has 4 rings (SSSR count). The lowest BCUT2D eigenvalue weighted by Gasteiger charge is -2.24. The summed E-state index contributed by atoms with van der Waals surface area (Å²) in [6.07, 6.45) is 0. The van der Waals surface area contributed by atoms with E-state index in [1.54, 1.807) is 30.9 Å². The van der Waals surface area contributed by atoms with Gasteiger partial charge in [0.2, 0.25) is 0 Å². The van der Waals surface area contributed by atoms with E-state index < -0.39 is 0 Å². The van der Waals surface area contributed by atoms with Gasteiger partial charge in [-0.05, 0) is 39.8 Å². The molecule has 10 heteroatoms. The van der Waals surface area contributed by atoms with E-state index in [0.717, 1.165) is 0 Å². The number of carbonyl (C=O) groups is 1. The minimum Gasteiger partial charge on any atom is -0.496 e. The van der Waals surface area contributed by atoms with Gasteiger partial charge in [-0.25, -0.2) is 0 Å². The third-order valence-electron chi connectivity index (χ3n) is 6.13. The van der Waals surface area contributed by atoms with E-state index in [0.29, 0.717) is 75.5 Å². The number of fused-ring (bicyclic) bond motifs is 1. The lowest BCUT2D eigenvalue weighted by Crippen LogP contribution is -2.36. The van der Waals surface area contributed by atoms with Crippen molar-refractivity contribution in [3.05, 3.63) is 60.8 Å². The quantitative estimate of drug-likeness (QED) is 0.538. The van der Waals surface area contributed by atoms with Crippen LogP contribution < -0.4 is 15.2 Å². The average Bonchev–Trinajstić information content (AvgIpc) is 3.05. The van der Waals surface area contributed by atoms with Gasteiger partial charge in [0.15, 0.2) is 0 Å². The number of aryl methyl sites for hydroxylation is 3. The summed E-state index contributed by atoms with van der Waals surface area (Å²) in [5, 5.41) is 4.70. The maximum atomic E-state index is 13.9. The van der Waals surface area contributed by atoms with Gasteiger partial charge in [-0.1, -0.05) is 28.4 Å². The predicted molar refractivity (Wildman–Crippen MR) is 132 cm³/mol. The number of anilines is 1. The van der Waals surface area contributed by atoms with Gasteiger partial charge >= 0.3 is 0 Å². The largest absolute Gasteiger partial charge is 0.496 e. The summed E-state index contributed by atoms with van der Waals surface area (Å²) in [6.45, 7) is 8.97. The van der Waals surface area contributed by atoms with Gasteiger partial charge in [0, 0.05) is 36.5 Å². The first kappa shape index (κ1) is 24.2. The molecule has 0 atom stereocenters. The van der Waals surface area contributed by atoms with Crippen LogP contribution in [-0.2, 0) is 6.54 Å². The molecule has 0 saturated heterocycles. The summed E-state index contributed by atoms with van der Waals surface area (Å²) >= 11 is 13.7. The Labute approximate surface area is 207 Å². The van der Waals surface area contributed by atoms with Crippen LogP contribution in [0.25, 0.3) is 11.1 Å². The third-order valence-corrected chi connectivity index (χ3v) is 6.81. The van der Waals surface area contributed by atoms with Crippen LogP contribution >= 0.6 is 23.2 Å². The number of nitrogens with one attached hydrogen (secondary N) is 1. The maximum Gasteiger partial charge on any atom is 0.257 e. The Morgan fingerprint density at radius 1 is 1.12 bits per heavy atom. The fourth-order valence-electron chi connectivity index (χ4n) is 4.46. The maximum absolute atomic E-state index is 13.9. The predicted octanol–water partition coefficient (Wildman–Crippen LogP) is 4.75. The number of rotatable bonds is 5. The molecule has 0 spiro atoms. The number of likely N-dealkylation sites (N-methyl/N-ethyl adjacent to an activating group) is 1. The number of hydrogen-bond donors (Lipinski definition) is 1. The van der Waals surface area contributed by atoms with Crippen LogP contribution in [-0.4, -0.2) is 47.7 Å². The number of methoxy groups -OCH3 is 1. The third kappa shape index (κ3) is 4.05. The summed E-state index contributed by atoms with van der Waals surface area (Å²) in [5.41, 5.74) is 3.57. The van der Waals surface area contributed by atoms with Gasteiger partial charge in [-0.15, -0.1) is 0 Å². The number of pyridine rings is 1. The molecule has 3 heterocycles. The van der Waals surface area contributed by atoms with Gasteiger partial charge in [0.1, 0.15) is 11.5 Å². The van der Waals surface area contributed by atoms with Crippen molar-refractivity contribution in [2.24, 2.45) is 0 Å². The lowest BCUT2D eigenvalue weighted by molar-refractivity contribution is 0.0753. The Bertz CT molecular complexity index is 1310. The summed E-state index contributed by atoms with van der Waals surface area (Å²) in [6, 6.07) is 3.50. The molecule has 3 aromatic rings. The zero-order valence-corrected chi connectivity index (χ0v) is 21.2. The lowest BCUT2D eigenvalue weighted by atomic mass is 9.99. The van der Waals surface area contributed by atoms with Gasteiger partial charge in [-0.3, -0.25) is 9.59 Å². The fourth-order valence-corrected chi connectivity index (χ4v) is 5.10. The van der Waals surface area contributed by atoms with Crippen molar-refractivity contribution >= 4 is 34.8 Å². The standard InChI is InChI=1S/C24H26Cl2N4O4/c1-6-29-7-8-30(11-16-18(33-5)9-12(2)27-23(16)31)24(32)20-21(26)15(10-17(25)22(20)29)19-13(3)28-34-14(19)4/h9-10H,6-8,11H2,1-5H3,(H,27,31). The Morgan fingerprint density at radius 3 is 2.44 bits per heavy atom. The molecule has 1 aliphatic rings. The van der Waals surface area contributed by atoms with Crippen molar-refractivity contribution in [3.63, 3.8) is 0 Å². The summed E-state index contributed by atoms with van der Waals surface area (Å²) in [7, 11) is 1.50. The van der Waals surface area contributed by atoms with E-state index in [4.69, 9.17) is 32.5 Å². The zero-order valence-electron chi connectivity index (χ0n) is 19.7. The molecule has 0 aliphatic carbocycles. The fraction of sp³-hybridized carbons (Fsp3) is 0.375. The highest BCUT2D eigenvalue weighted by Crippen LogP contribution is 2.44. The Balaban J connectivity index is 1.88. The molecule has 0 bridgehead atoms. The molecular weight excluding hydrogens is 479 g/mol. The van der Waals surface area contributed by atoms with Crippen molar-refractivity contribution in [2.45, 2.75) is 34.2 Å². The number of aromatic amines is 1. The first-order chi connectivity index (χ1) is 16.2. The number of halogens is 2. The highest BCUT2D eigenvalue weighted by atomic mass is 35.5. The van der Waals surface area contributed by atoms with E-state index in [9.17, 15) is 9.59 Å². The van der Waals surface area contributed by atoms with E-state index in [1.807, 2.05) is 18.7 Å². The van der Waals surface area contributed by atoms with E-state index >= 15 is 0 Å². The number of hydrogen-bond acceptors (Lipinski definition) is 6. The van der Waals surface area contributed by atoms with Crippen molar-refractivity contribution in [1.29, 1.82) is 0 Å². The van der Waals surface area contributed by atoms with Crippen LogP contribution in [0.3, 0.4) is 0 Å². The number of amides is 1. The SMILES string of the molecule is CCN1CCN(Cc2c(OC)cc(C)[nH]c2=O)C(=O)c2c(Cl)c(-c3c(C)noc3C)cc(Cl)c21. The topological polar surface area (TPSA) is 91.7 Å². The monoisotopic (exact) mass is 504 g/mol.